The molecule has 0 aromatic rings. The lowest BCUT2D eigenvalue weighted by Crippen LogP contribution is -2.10. The second-order valence-electron chi connectivity index (χ2n) is 4.48. The molecule has 0 spiro atoms. The molecule has 20 heavy (non-hydrogen) atoms. The van der Waals surface area contributed by atoms with Crippen molar-refractivity contribution >= 4 is 23.1 Å². The Kier molecular flexibility index (Phi) is 2.64. The van der Waals surface area contributed by atoms with Crippen LogP contribution in [-0.2, 0) is 19.2 Å². The van der Waals surface area contributed by atoms with Crippen molar-refractivity contribution in [2.24, 2.45) is 0 Å². The van der Waals surface area contributed by atoms with E-state index in [9.17, 15) is 19.2 Å². The molecule has 0 atom stereocenters. The fraction of sp³-hybridized carbons (Fsp3) is 0. The molecule has 0 unspecified atom stereocenters. The van der Waals surface area contributed by atoms with Gasteiger partial charge in [-0.05, 0) is 12.2 Å². The summed E-state index contributed by atoms with van der Waals surface area (Å²) in [5.41, 5.74) is 1.09. The van der Waals surface area contributed by atoms with E-state index in [0.29, 0.717) is 0 Å². The van der Waals surface area contributed by atoms with Gasteiger partial charge in [-0.3, -0.25) is 19.2 Å². The van der Waals surface area contributed by atoms with Gasteiger partial charge < -0.3 is 0 Å². The number of allylic oxidation sites excluding steroid dienone is 12. The molecule has 0 N–H and O–H groups in total. The van der Waals surface area contributed by atoms with E-state index in [4.69, 9.17) is 0 Å². The summed E-state index contributed by atoms with van der Waals surface area (Å²) >= 11 is 0. The molecule has 3 aliphatic rings. The highest BCUT2D eigenvalue weighted by Gasteiger charge is 2.29. The van der Waals surface area contributed by atoms with Crippen LogP contribution < -0.4 is 0 Å². The van der Waals surface area contributed by atoms with E-state index in [-0.39, 0.29) is 22.3 Å². The predicted molar refractivity (Wildman–Crippen MR) is 70.6 cm³/mol. The summed E-state index contributed by atoms with van der Waals surface area (Å²) in [4.78, 5) is 46.7. The van der Waals surface area contributed by atoms with Crippen LogP contribution in [0.25, 0.3) is 0 Å². The Hall–Kier alpha value is -2.88. The summed E-state index contributed by atoms with van der Waals surface area (Å²) < 4.78 is 0. The minimum absolute atomic E-state index is 0.271. The molecule has 0 amide bonds. The summed E-state index contributed by atoms with van der Waals surface area (Å²) in [5, 5.41) is 0. The van der Waals surface area contributed by atoms with Gasteiger partial charge in [0.25, 0.3) is 0 Å². The fourth-order valence-electron chi connectivity index (χ4n) is 2.13. The Bertz CT molecular complexity index is 698. The van der Waals surface area contributed by atoms with Crippen LogP contribution in [-0.4, -0.2) is 23.1 Å². The number of rotatable bonds is 0. The molecule has 4 nitrogen and oxygen atoms in total. The second kappa shape index (κ2) is 4.35. The van der Waals surface area contributed by atoms with Gasteiger partial charge in [-0.15, -0.1) is 0 Å². The lowest BCUT2D eigenvalue weighted by Gasteiger charge is -1.90. The monoisotopic (exact) mass is 264 g/mol. The molecule has 3 rings (SSSR count). The van der Waals surface area contributed by atoms with Crippen molar-refractivity contribution in [1.82, 2.24) is 0 Å². The third-order valence-electron chi connectivity index (χ3n) is 3.19. The van der Waals surface area contributed by atoms with Crippen molar-refractivity contribution in [2.45, 2.75) is 0 Å². The average molecular weight is 264 g/mol. The molecule has 0 aliphatic heterocycles. The lowest BCUT2D eigenvalue weighted by atomic mass is 10.1. The van der Waals surface area contributed by atoms with Crippen LogP contribution in [0.4, 0.5) is 0 Å². The van der Waals surface area contributed by atoms with Gasteiger partial charge in [0, 0.05) is 22.3 Å². The van der Waals surface area contributed by atoms with E-state index in [1.807, 2.05) is 0 Å². The largest absolute Gasteiger partial charge is 0.285 e. The first-order chi connectivity index (χ1) is 9.58. The summed E-state index contributed by atoms with van der Waals surface area (Å²) in [6.45, 7) is 0. The van der Waals surface area contributed by atoms with Crippen LogP contribution in [0.15, 0.2) is 70.9 Å². The van der Waals surface area contributed by atoms with E-state index < -0.39 is 23.1 Å². The molecule has 4 heteroatoms. The molecular formula is C16H8O4. The van der Waals surface area contributed by atoms with Gasteiger partial charge in [0.1, 0.15) is 0 Å². The first-order valence-electron chi connectivity index (χ1n) is 5.96. The number of carbonyl (C=O) groups is 4. The maximum atomic E-state index is 11.7. The standard InChI is InChI=1S/C16H8O4/c17-13-9-3-1-4-10-8-12(16(20)14(10)18)6-2-5-11(7-9)15(13)19/h1-8H/b3-1-,4-1?,5-2?,6-2-,9-3?,10-4+,11-5+,12-6?. The Morgan fingerprint density at radius 2 is 0.850 bits per heavy atom. The van der Waals surface area contributed by atoms with Crippen LogP contribution in [0.5, 0.6) is 0 Å². The Balaban J connectivity index is 2.13. The highest BCUT2D eigenvalue weighted by Crippen LogP contribution is 2.22. The first-order valence-corrected chi connectivity index (χ1v) is 5.96. The van der Waals surface area contributed by atoms with Crippen LogP contribution in [0, 0.1) is 0 Å². The van der Waals surface area contributed by atoms with Crippen molar-refractivity contribution in [3.8, 4) is 0 Å². The van der Waals surface area contributed by atoms with Crippen molar-refractivity contribution < 1.29 is 19.2 Å². The maximum absolute atomic E-state index is 11.7. The third kappa shape index (κ3) is 1.78. The van der Waals surface area contributed by atoms with E-state index >= 15 is 0 Å². The molecule has 0 saturated heterocycles. The molecule has 0 aromatic carbocycles. The Labute approximate surface area is 114 Å². The third-order valence-corrected chi connectivity index (χ3v) is 3.19. The molecule has 0 heterocycles. The summed E-state index contributed by atoms with van der Waals surface area (Å²) in [6, 6.07) is 0. The second-order valence-corrected chi connectivity index (χ2v) is 4.48. The normalized spacial score (nSPS) is 29.6. The minimum Gasteiger partial charge on any atom is -0.285 e. The van der Waals surface area contributed by atoms with Gasteiger partial charge >= 0.3 is 0 Å². The number of fused-ring (bicyclic) bond motifs is 2. The van der Waals surface area contributed by atoms with Gasteiger partial charge in [0.05, 0.1) is 0 Å². The van der Waals surface area contributed by atoms with Crippen LogP contribution >= 0.6 is 0 Å². The van der Waals surface area contributed by atoms with Gasteiger partial charge in [0.2, 0.25) is 23.1 Å². The van der Waals surface area contributed by atoms with Crippen LogP contribution in [0.2, 0.25) is 0 Å². The number of hydrogen-bond donors (Lipinski definition) is 0. The van der Waals surface area contributed by atoms with Gasteiger partial charge in [-0.1, -0.05) is 36.5 Å². The van der Waals surface area contributed by atoms with Crippen LogP contribution in [0.1, 0.15) is 0 Å². The Morgan fingerprint density at radius 1 is 0.500 bits per heavy atom. The van der Waals surface area contributed by atoms with Crippen molar-refractivity contribution in [2.75, 3.05) is 0 Å². The zero-order valence-electron chi connectivity index (χ0n) is 10.3. The van der Waals surface area contributed by atoms with Gasteiger partial charge in [-0.2, -0.15) is 0 Å². The Morgan fingerprint density at radius 3 is 1.25 bits per heavy atom. The topological polar surface area (TPSA) is 68.3 Å². The number of hydrogen-bond acceptors (Lipinski definition) is 4. The number of Topliss-reactive ketones (excluding diaryl/α,β-unsaturated/α-hetero) is 4. The predicted octanol–water partition coefficient (Wildman–Crippen LogP) is 1.12. The molecule has 96 valence electrons. The van der Waals surface area contributed by atoms with Crippen LogP contribution in [0.3, 0.4) is 0 Å². The van der Waals surface area contributed by atoms with E-state index in [1.54, 1.807) is 0 Å². The maximum Gasteiger partial charge on any atom is 0.233 e. The van der Waals surface area contributed by atoms with Crippen molar-refractivity contribution in [3.63, 3.8) is 0 Å². The summed E-state index contributed by atoms with van der Waals surface area (Å²) in [6.07, 6.45) is 11.8. The lowest BCUT2D eigenvalue weighted by molar-refractivity contribution is -0.131. The molecule has 3 aliphatic carbocycles. The van der Waals surface area contributed by atoms with E-state index in [2.05, 4.69) is 0 Å². The molecule has 4 bridgehead atoms. The average Bonchev–Trinajstić information content (AvgIpc) is 2.84. The quantitative estimate of drug-likeness (QED) is 0.615. The highest BCUT2D eigenvalue weighted by molar-refractivity contribution is 6.54. The summed E-state index contributed by atoms with van der Waals surface area (Å²) in [7, 11) is 0. The highest BCUT2D eigenvalue weighted by atomic mass is 16.2. The van der Waals surface area contributed by atoms with Crippen molar-refractivity contribution in [3.05, 3.63) is 70.9 Å². The number of carbonyl (C=O) groups excluding carboxylic acids is 4. The molecule has 0 radical (unpaired) electrons. The molecule has 0 aromatic heterocycles. The van der Waals surface area contributed by atoms with Gasteiger partial charge in [-0.25, -0.2) is 0 Å². The summed E-state index contributed by atoms with van der Waals surface area (Å²) in [5.74, 6) is -2.27. The minimum atomic E-state index is -0.567. The fourth-order valence-corrected chi connectivity index (χ4v) is 2.13. The zero-order chi connectivity index (χ0) is 14.3. The SMILES string of the molecule is O=C1C(=O)/C2=C/C=C\C3=CC(=C\C=C/C1=C2)/C(=O)C3=O. The first kappa shape index (κ1) is 12.2. The molecular weight excluding hydrogens is 256 g/mol. The molecule has 0 saturated carbocycles. The number of ketones is 4. The van der Waals surface area contributed by atoms with Crippen molar-refractivity contribution in [1.29, 1.82) is 0 Å². The zero-order valence-corrected chi connectivity index (χ0v) is 10.3. The van der Waals surface area contributed by atoms with E-state index in [1.165, 1.54) is 48.6 Å². The molecule has 0 fully saturated rings. The van der Waals surface area contributed by atoms with E-state index in [0.717, 1.165) is 0 Å². The smallest absolute Gasteiger partial charge is 0.233 e. The van der Waals surface area contributed by atoms with Gasteiger partial charge in [0.15, 0.2) is 0 Å².